The van der Waals surface area contributed by atoms with E-state index in [-0.39, 0.29) is 11.0 Å². The molecule has 1 saturated carbocycles. The molecule has 4 nitrogen and oxygen atoms in total. The number of pyridine rings is 1. The summed E-state index contributed by atoms with van der Waals surface area (Å²) in [5, 5.41) is 8.74. The minimum absolute atomic E-state index is 0.0356. The molecule has 0 saturated heterocycles. The zero-order valence-electron chi connectivity index (χ0n) is 20.5. The lowest BCUT2D eigenvalue weighted by molar-refractivity contribution is -0.724. The molecule has 0 spiro atoms. The normalized spacial score (nSPS) is 23.0. The van der Waals surface area contributed by atoms with E-state index in [0.717, 1.165) is 11.1 Å². The molecule has 4 heteroatoms. The molecule has 0 bridgehead atoms. The molecule has 3 unspecified atom stereocenters. The van der Waals surface area contributed by atoms with Gasteiger partial charge in [0.1, 0.15) is 0 Å². The van der Waals surface area contributed by atoms with E-state index in [0.29, 0.717) is 23.6 Å². The third-order valence-electron chi connectivity index (χ3n) is 7.90. The molecule has 2 aliphatic rings. The van der Waals surface area contributed by atoms with Gasteiger partial charge in [-0.15, -0.1) is 10.2 Å². The maximum Gasteiger partial charge on any atom is 0.248 e. The summed E-state index contributed by atoms with van der Waals surface area (Å²) in [4.78, 5) is 0. The second-order valence-electron chi connectivity index (χ2n) is 10.9. The van der Waals surface area contributed by atoms with Crippen LogP contribution in [0, 0.1) is 5.92 Å². The molecule has 170 valence electrons. The van der Waals surface area contributed by atoms with Gasteiger partial charge in [-0.3, -0.25) is 0 Å². The molecule has 0 amide bonds. The van der Waals surface area contributed by atoms with Crippen molar-refractivity contribution >= 4 is 0 Å². The van der Waals surface area contributed by atoms with Gasteiger partial charge in [-0.25, -0.2) is 0 Å². The van der Waals surface area contributed by atoms with Gasteiger partial charge >= 0.3 is 0 Å². The van der Waals surface area contributed by atoms with E-state index < -0.39 is 0 Å². The molecule has 0 N–H and O–H groups in total. The molecule has 1 aliphatic heterocycles. The first-order valence-electron chi connectivity index (χ1n) is 12.0. The van der Waals surface area contributed by atoms with Gasteiger partial charge in [-0.2, -0.15) is 4.57 Å². The van der Waals surface area contributed by atoms with Crippen molar-refractivity contribution in [3.05, 3.63) is 90.1 Å². The van der Waals surface area contributed by atoms with Crippen LogP contribution in [-0.4, -0.2) is 10.2 Å². The largest absolute Gasteiger partial charge is 0.416 e. The van der Waals surface area contributed by atoms with E-state index >= 15 is 0 Å². The van der Waals surface area contributed by atoms with E-state index in [1.54, 1.807) is 0 Å². The molecule has 0 radical (unpaired) electrons. The van der Waals surface area contributed by atoms with Crippen molar-refractivity contribution in [1.82, 2.24) is 10.2 Å². The third-order valence-corrected chi connectivity index (χ3v) is 7.90. The van der Waals surface area contributed by atoms with Crippen LogP contribution >= 0.6 is 0 Å². The minimum Gasteiger partial charge on any atom is -0.416 e. The Hall–Kier alpha value is -3.53. The fourth-order valence-electron chi connectivity index (χ4n) is 5.75. The average molecular weight is 449 g/mol. The maximum absolute atomic E-state index is 6.14. The lowest BCUT2D eigenvalue weighted by Gasteiger charge is -2.18. The molecular formula is C30H30N3O+. The third kappa shape index (κ3) is 2.94. The van der Waals surface area contributed by atoms with Crippen molar-refractivity contribution in [3.63, 3.8) is 0 Å². The summed E-state index contributed by atoms with van der Waals surface area (Å²) in [7, 11) is 0. The molecule has 4 aromatic rings. The smallest absolute Gasteiger partial charge is 0.248 e. The van der Waals surface area contributed by atoms with Crippen LogP contribution in [0.15, 0.2) is 83.4 Å². The van der Waals surface area contributed by atoms with E-state index in [4.69, 9.17) is 4.42 Å². The molecule has 2 aromatic heterocycles. The van der Waals surface area contributed by atoms with Gasteiger partial charge in [-0.05, 0) is 52.8 Å². The Morgan fingerprint density at radius 3 is 2.32 bits per heavy atom. The first kappa shape index (κ1) is 21.0. The Labute approximate surface area is 201 Å². The summed E-state index contributed by atoms with van der Waals surface area (Å²) in [5.41, 5.74) is 8.30. The van der Waals surface area contributed by atoms with E-state index in [1.807, 2.05) is 0 Å². The van der Waals surface area contributed by atoms with Gasteiger partial charge in [0.25, 0.3) is 0 Å². The topological polar surface area (TPSA) is 42.8 Å². The van der Waals surface area contributed by atoms with Crippen molar-refractivity contribution in [2.75, 3.05) is 0 Å². The lowest BCUT2D eigenvalue weighted by Crippen LogP contribution is -2.47. The number of hydrogen-bond donors (Lipinski definition) is 0. The first-order chi connectivity index (χ1) is 16.2. The second kappa shape index (κ2) is 6.99. The van der Waals surface area contributed by atoms with Crippen LogP contribution in [0.5, 0.6) is 0 Å². The van der Waals surface area contributed by atoms with Crippen LogP contribution < -0.4 is 4.57 Å². The van der Waals surface area contributed by atoms with Gasteiger partial charge in [0.05, 0.1) is 11.5 Å². The Morgan fingerprint density at radius 2 is 1.62 bits per heavy atom. The van der Waals surface area contributed by atoms with Crippen LogP contribution in [-0.2, 0) is 11.0 Å². The van der Waals surface area contributed by atoms with E-state index in [9.17, 15) is 0 Å². The molecule has 1 fully saturated rings. The lowest BCUT2D eigenvalue weighted by atomic mass is 9.87. The van der Waals surface area contributed by atoms with E-state index in [2.05, 4.69) is 123 Å². The summed E-state index contributed by atoms with van der Waals surface area (Å²) in [5.74, 6) is 1.91. The summed E-state index contributed by atoms with van der Waals surface area (Å²) in [6.45, 7) is 15.7. The summed E-state index contributed by atoms with van der Waals surface area (Å²) >= 11 is 0. The second-order valence-corrected chi connectivity index (χ2v) is 10.9. The summed E-state index contributed by atoms with van der Waals surface area (Å²) < 4.78 is 8.53. The van der Waals surface area contributed by atoms with E-state index in [1.165, 1.54) is 28.0 Å². The number of rotatable bonds is 2. The standard InChI is InChI=1S/C30H30N3O/c1-18-23-15-12-21(17-24(23)25-9-7-8-16-33(25)30(6)19(2)26(18)30)28-32-31-27(34-28)20-10-13-22(14-11-20)29(3,4)5/h7-18,26H,2H2,1,3-6H3/q+1. The highest BCUT2D eigenvalue weighted by molar-refractivity contribution is 5.72. The van der Waals surface area contributed by atoms with Crippen molar-refractivity contribution in [3.8, 4) is 34.2 Å². The highest BCUT2D eigenvalue weighted by Gasteiger charge is 2.67. The van der Waals surface area contributed by atoms with Crippen LogP contribution in [0.1, 0.15) is 51.7 Å². The molecular weight excluding hydrogens is 418 g/mol. The minimum atomic E-state index is -0.0356. The fraction of sp³-hybridized carbons (Fsp3) is 0.300. The van der Waals surface area contributed by atoms with Crippen LogP contribution in [0.25, 0.3) is 34.2 Å². The number of aromatic nitrogens is 3. The SMILES string of the molecule is C=C1C2C(C)c3ccc(-c4nnc(-c5ccc(C(C)(C)C)cc5)o4)cc3-c3cccc[n+]3C12C. The molecule has 34 heavy (non-hydrogen) atoms. The van der Waals surface area contributed by atoms with Gasteiger partial charge in [0.2, 0.25) is 17.5 Å². The van der Waals surface area contributed by atoms with Crippen LogP contribution in [0.2, 0.25) is 0 Å². The number of fused-ring (bicyclic) bond motifs is 5. The van der Waals surface area contributed by atoms with Crippen molar-refractivity contribution in [1.29, 1.82) is 0 Å². The van der Waals surface area contributed by atoms with Gasteiger partial charge < -0.3 is 4.42 Å². The highest BCUT2D eigenvalue weighted by Crippen LogP contribution is 2.61. The van der Waals surface area contributed by atoms with Crippen LogP contribution in [0.3, 0.4) is 0 Å². The quantitative estimate of drug-likeness (QED) is 0.254. The number of benzene rings is 2. The maximum atomic E-state index is 6.14. The molecule has 1 aliphatic carbocycles. The Morgan fingerprint density at radius 1 is 0.941 bits per heavy atom. The average Bonchev–Trinajstić information content (AvgIpc) is 3.17. The first-order valence-corrected chi connectivity index (χ1v) is 12.0. The predicted molar refractivity (Wildman–Crippen MR) is 134 cm³/mol. The predicted octanol–water partition coefficient (Wildman–Crippen LogP) is 6.67. The summed E-state index contributed by atoms with van der Waals surface area (Å²) in [6.07, 6.45) is 2.18. The van der Waals surface area contributed by atoms with Gasteiger partial charge in [0.15, 0.2) is 11.7 Å². The number of allylic oxidation sites excluding steroid dienone is 1. The number of nitrogens with zero attached hydrogens (tertiary/aromatic N) is 3. The van der Waals surface area contributed by atoms with Crippen molar-refractivity contribution in [2.24, 2.45) is 5.92 Å². The molecule has 6 rings (SSSR count). The van der Waals surface area contributed by atoms with Crippen molar-refractivity contribution < 1.29 is 8.98 Å². The Kier molecular flexibility index (Phi) is 4.32. The van der Waals surface area contributed by atoms with Crippen molar-refractivity contribution in [2.45, 2.75) is 51.5 Å². The van der Waals surface area contributed by atoms with Crippen LogP contribution in [0.4, 0.5) is 0 Å². The monoisotopic (exact) mass is 448 g/mol. The molecule has 3 heterocycles. The fourth-order valence-corrected chi connectivity index (χ4v) is 5.75. The van der Waals surface area contributed by atoms with Gasteiger partial charge in [0, 0.05) is 35.8 Å². The Bertz CT molecular complexity index is 1440. The molecule has 3 atom stereocenters. The molecule has 2 aromatic carbocycles. The zero-order chi connectivity index (χ0) is 23.8. The van der Waals surface area contributed by atoms with Gasteiger partial charge in [-0.1, -0.05) is 52.5 Å². The number of hydrogen-bond acceptors (Lipinski definition) is 3. The summed E-state index contributed by atoms with van der Waals surface area (Å²) in [6, 6.07) is 21.3. The highest BCUT2D eigenvalue weighted by atomic mass is 16.4. The Balaban J connectivity index is 1.41. The zero-order valence-corrected chi connectivity index (χ0v) is 20.5.